The van der Waals surface area contributed by atoms with Crippen LogP contribution in [-0.2, 0) is 0 Å². The van der Waals surface area contributed by atoms with Crippen molar-refractivity contribution in [3.8, 4) is 0 Å². The molecule has 3 atom stereocenters. The molecule has 1 aliphatic carbocycles. The second-order valence-electron chi connectivity index (χ2n) is 7.63. The fourth-order valence-electron chi connectivity index (χ4n) is 4.02. The number of nitrogens with zero attached hydrogens (tertiary/aromatic N) is 4. The second-order valence-corrected chi connectivity index (χ2v) is 8.58. The van der Waals surface area contributed by atoms with Gasteiger partial charge in [-0.1, -0.05) is 41.6 Å². The third kappa shape index (κ3) is 3.25. The molecule has 3 aromatic rings. The highest BCUT2D eigenvalue weighted by atomic mass is 32.1. The molecule has 144 valence electrons. The van der Waals surface area contributed by atoms with E-state index in [1.807, 2.05) is 54.0 Å². The Morgan fingerprint density at radius 1 is 1.14 bits per heavy atom. The van der Waals surface area contributed by atoms with Gasteiger partial charge in [-0.2, -0.15) is 0 Å². The van der Waals surface area contributed by atoms with Gasteiger partial charge in [-0.3, -0.25) is 4.79 Å². The summed E-state index contributed by atoms with van der Waals surface area (Å²) in [6, 6.07) is 13.5. The van der Waals surface area contributed by atoms with Gasteiger partial charge in [-0.15, -0.1) is 16.4 Å². The van der Waals surface area contributed by atoms with Gasteiger partial charge in [0.05, 0.1) is 28.8 Å². The molecule has 3 heterocycles. The topological polar surface area (TPSA) is 71.2 Å². The number of hydrogen-bond acceptors (Lipinski definition) is 5. The zero-order chi connectivity index (χ0) is 19.1. The molecule has 6 nitrogen and oxygen atoms in total. The van der Waals surface area contributed by atoms with Crippen LogP contribution in [0.2, 0.25) is 0 Å². The molecule has 0 radical (unpaired) electrons. The molecule has 0 unspecified atom stereocenters. The van der Waals surface area contributed by atoms with E-state index < -0.39 is 6.10 Å². The monoisotopic (exact) mass is 394 g/mol. The third-order valence-corrected chi connectivity index (χ3v) is 6.57. The van der Waals surface area contributed by atoms with E-state index >= 15 is 0 Å². The van der Waals surface area contributed by atoms with E-state index in [1.54, 1.807) is 9.58 Å². The minimum Gasteiger partial charge on any atom is -0.389 e. The lowest BCUT2D eigenvalue weighted by Gasteiger charge is -2.42. The number of aliphatic hydroxyl groups is 1. The zero-order valence-corrected chi connectivity index (χ0v) is 16.2. The number of aliphatic hydroxyl groups excluding tert-OH is 1. The lowest BCUT2D eigenvalue weighted by atomic mass is 9.90. The molecule has 0 spiro atoms. The van der Waals surface area contributed by atoms with Crippen LogP contribution in [0.25, 0.3) is 0 Å². The van der Waals surface area contributed by atoms with Gasteiger partial charge < -0.3 is 10.0 Å². The van der Waals surface area contributed by atoms with E-state index in [1.165, 1.54) is 24.2 Å². The highest BCUT2D eigenvalue weighted by Gasteiger charge is 2.40. The molecule has 28 heavy (non-hydrogen) atoms. The molecule has 1 saturated carbocycles. The number of aromatic nitrogens is 3. The Bertz CT molecular complexity index is 952. The zero-order valence-electron chi connectivity index (χ0n) is 15.4. The molecule has 1 N–H and O–H groups in total. The van der Waals surface area contributed by atoms with Gasteiger partial charge in [0.15, 0.2) is 0 Å². The average Bonchev–Trinajstić information content (AvgIpc) is 3.22. The maximum Gasteiger partial charge on any atom is 0.264 e. The summed E-state index contributed by atoms with van der Waals surface area (Å²) in [5.41, 5.74) is 2.09. The van der Waals surface area contributed by atoms with E-state index in [9.17, 15) is 9.90 Å². The summed E-state index contributed by atoms with van der Waals surface area (Å²) < 4.78 is 1.81. The normalized spacial score (nSPS) is 25.0. The Kier molecular flexibility index (Phi) is 4.49. The van der Waals surface area contributed by atoms with Gasteiger partial charge >= 0.3 is 0 Å². The van der Waals surface area contributed by atoms with E-state index in [-0.39, 0.29) is 24.5 Å². The van der Waals surface area contributed by atoms with Crippen LogP contribution >= 0.6 is 11.3 Å². The summed E-state index contributed by atoms with van der Waals surface area (Å²) in [6.45, 7) is 0.277. The second kappa shape index (κ2) is 7.14. The molecule has 1 amide bonds. The number of piperidine rings is 1. The SMILES string of the molecule is O=C(c1cccs1)N1C[C@H](O)[C@@H](n2cc(C3CC3)nn2)C[C@@H]1c1ccccc1. The van der Waals surface area contributed by atoms with Crippen LogP contribution in [-0.4, -0.2) is 43.6 Å². The summed E-state index contributed by atoms with van der Waals surface area (Å²) in [5, 5.41) is 21.4. The molecule has 1 aliphatic heterocycles. The number of likely N-dealkylation sites (tertiary alicyclic amines) is 1. The molecule has 2 fully saturated rings. The molecule has 1 saturated heterocycles. The van der Waals surface area contributed by atoms with Crippen molar-refractivity contribution in [1.82, 2.24) is 19.9 Å². The van der Waals surface area contributed by atoms with Crippen molar-refractivity contribution < 1.29 is 9.90 Å². The smallest absolute Gasteiger partial charge is 0.264 e. The standard InChI is InChI=1S/C21H22N4O2S/c26-19-13-24(21(27)20-7-4-10-28-20)17(15-5-2-1-3-6-15)11-18(19)25-12-16(22-23-25)14-8-9-14/h1-7,10,12,14,17-19,26H,8-9,11,13H2/t17-,18+,19+/m1/s1. The third-order valence-electron chi connectivity index (χ3n) is 5.71. The number of hydrogen-bond donors (Lipinski definition) is 1. The van der Waals surface area contributed by atoms with E-state index in [2.05, 4.69) is 10.3 Å². The molecule has 2 aliphatic rings. The molecule has 2 aromatic heterocycles. The first kappa shape index (κ1) is 17.6. The molecule has 5 rings (SSSR count). The lowest BCUT2D eigenvalue weighted by Crippen LogP contribution is -2.49. The van der Waals surface area contributed by atoms with E-state index in [0.717, 1.165) is 11.3 Å². The quantitative estimate of drug-likeness (QED) is 0.736. The van der Waals surface area contributed by atoms with E-state index in [0.29, 0.717) is 17.2 Å². The Balaban J connectivity index is 1.46. The predicted molar refractivity (Wildman–Crippen MR) is 106 cm³/mol. The number of carbonyl (C=O) groups excluding carboxylic acids is 1. The van der Waals surface area contributed by atoms with Gasteiger partial charge in [0.25, 0.3) is 5.91 Å². The minimum absolute atomic E-state index is 0.0291. The highest BCUT2D eigenvalue weighted by molar-refractivity contribution is 7.12. The molecule has 0 bridgehead atoms. The van der Waals surface area contributed by atoms with Gasteiger partial charge in [0, 0.05) is 18.7 Å². The number of carbonyl (C=O) groups is 1. The number of β-amino-alcohol motifs (C(OH)–C–C–N with tert-alkyl or cyclic N) is 1. The Hall–Kier alpha value is -2.51. The fraction of sp³-hybridized carbons (Fsp3) is 0.381. The summed E-state index contributed by atoms with van der Waals surface area (Å²) in [4.78, 5) is 15.6. The maximum atomic E-state index is 13.1. The summed E-state index contributed by atoms with van der Waals surface area (Å²) in [6.07, 6.45) is 4.24. The largest absolute Gasteiger partial charge is 0.389 e. The van der Waals surface area contributed by atoms with Crippen molar-refractivity contribution in [3.05, 3.63) is 70.2 Å². The van der Waals surface area contributed by atoms with Gasteiger partial charge in [-0.25, -0.2) is 4.68 Å². The van der Waals surface area contributed by atoms with Crippen molar-refractivity contribution in [1.29, 1.82) is 0 Å². The Morgan fingerprint density at radius 3 is 2.68 bits per heavy atom. The number of thiophene rings is 1. The minimum atomic E-state index is -0.683. The number of amides is 1. The molecule has 1 aromatic carbocycles. The van der Waals surface area contributed by atoms with Gasteiger partial charge in [0.2, 0.25) is 0 Å². The van der Waals surface area contributed by atoms with Crippen molar-refractivity contribution in [2.75, 3.05) is 6.54 Å². The first-order chi connectivity index (χ1) is 13.7. The first-order valence-electron chi connectivity index (χ1n) is 9.70. The van der Waals surface area contributed by atoms with Crippen LogP contribution in [0.4, 0.5) is 0 Å². The maximum absolute atomic E-state index is 13.1. The van der Waals surface area contributed by atoms with Crippen LogP contribution in [0.1, 0.15) is 58.2 Å². The van der Waals surface area contributed by atoms with Gasteiger partial charge in [0.1, 0.15) is 0 Å². The number of rotatable bonds is 4. The first-order valence-corrected chi connectivity index (χ1v) is 10.6. The van der Waals surface area contributed by atoms with Gasteiger partial charge in [-0.05, 0) is 36.3 Å². The fourth-order valence-corrected chi connectivity index (χ4v) is 4.70. The van der Waals surface area contributed by atoms with Crippen LogP contribution in [0.3, 0.4) is 0 Å². The van der Waals surface area contributed by atoms with Crippen molar-refractivity contribution in [3.63, 3.8) is 0 Å². The van der Waals surface area contributed by atoms with Crippen LogP contribution in [0.5, 0.6) is 0 Å². The highest BCUT2D eigenvalue weighted by Crippen LogP contribution is 2.41. The predicted octanol–water partition coefficient (Wildman–Crippen LogP) is 3.41. The number of benzene rings is 1. The summed E-state index contributed by atoms with van der Waals surface area (Å²) in [5.74, 6) is 0.495. The van der Waals surface area contributed by atoms with E-state index in [4.69, 9.17) is 0 Å². The molecular weight excluding hydrogens is 372 g/mol. The molecular formula is C21H22N4O2S. The van der Waals surface area contributed by atoms with Crippen LogP contribution in [0.15, 0.2) is 54.0 Å². The van der Waals surface area contributed by atoms with Crippen LogP contribution < -0.4 is 0 Å². The summed E-state index contributed by atoms with van der Waals surface area (Å²) >= 11 is 1.43. The lowest BCUT2D eigenvalue weighted by molar-refractivity contribution is -0.00384. The van der Waals surface area contributed by atoms with Crippen molar-refractivity contribution in [2.24, 2.45) is 0 Å². The molecule has 7 heteroatoms. The Morgan fingerprint density at radius 2 is 1.96 bits per heavy atom. The summed E-state index contributed by atoms with van der Waals surface area (Å²) in [7, 11) is 0. The average molecular weight is 395 g/mol. The Labute approximate surface area is 167 Å². The van der Waals surface area contributed by atoms with Crippen molar-refractivity contribution >= 4 is 17.2 Å². The van der Waals surface area contributed by atoms with Crippen molar-refractivity contribution in [2.45, 2.75) is 43.4 Å². The van der Waals surface area contributed by atoms with Crippen LogP contribution in [0, 0.1) is 0 Å².